The Morgan fingerprint density at radius 1 is 0.290 bits per heavy atom. The van der Waals surface area contributed by atoms with Gasteiger partial charge in [-0.05, 0) is 109 Å². The first-order valence-electron chi connectivity index (χ1n) is 29.4. The Hall–Kier alpha value is -3.15. The van der Waals surface area contributed by atoms with Gasteiger partial charge in [0.2, 0.25) is 0 Å². The molecule has 0 saturated carbocycles. The van der Waals surface area contributed by atoms with E-state index in [0.29, 0.717) is 19.3 Å². The van der Waals surface area contributed by atoms with Crippen LogP contribution < -0.4 is 0 Å². The molecular formula is C63H110O6. The van der Waals surface area contributed by atoms with Crippen LogP contribution in [-0.4, -0.2) is 37.2 Å². The van der Waals surface area contributed by atoms with Crippen LogP contribution in [0, 0.1) is 0 Å². The first-order valence-corrected chi connectivity index (χ1v) is 29.4. The van der Waals surface area contributed by atoms with Crippen molar-refractivity contribution in [3.05, 3.63) is 72.9 Å². The molecular weight excluding hydrogens is 853 g/mol. The number of allylic oxidation sites excluding steroid dienone is 12. The molecule has 0 bridgehead atoms. The molecule has 0 rings (SSSR count). The Balaban J connectivity index is 4.45. The Morgan fingerprint density at radius 2 is 0.536 bits per heavy atom. The molecule has 0 saturated heterocycles. The fraction of sp³-hybridized carbons (Fsp3) is 0.762. The summed E-state index contributed by atoms with van der Waals surface area (Å²) in [5, 5.41) is 0. The molecule has 6 heteroatoms. The van der Waals surface area contributed by atoms with Crippen molar-refractivity contribution in [1.82, 2.24) is 0 Å². The molecule has 0 aromatic carbocycles. The number of rotatable bonds is 53. The van der Waals surface area contributed by atoms with Crippen LogP contribution in [0.4, 0.5) is 0 Å². The van der Waals surface area contributed by atoms with Gasteiger partial charge >= 0.3 is 17.9 Å². The number of hydrogen-bond donors (Lipinski definition) is 0. The summed E-state index contributed by atoms with van der Waals surface area (Å²) >= 11 is 0. The summed E-state index contributed by atoms with van der Waals surface area (Å²) in [7, 11) is 0. The summed E-state index contributed by atoms with van der Waals surface area (Å²) in [4.78, 5) is 38.2. The summed E-state index contributed by atoms with van der Waals surface area (Å²) < 4.78 is 16.8. The molecule has 0 aromatic rings. The maximum Gasteiger partial charge on any atom is 0.306 e. The van der Waals surface area contributed by atoms with E-state index in [9.17, 15) is 14.4 Å². The minimum Gasteiger partial charge on any atom is -0.462 e. The van der Waals surface area contributed by atoms with Crippen molar-refractivity contribution in [2.75, 3.05) is 13.2 Å². The topological polar surface area (TPSA) is 78.9 Å². The van der Waals surface area contributed by atoms with Gasteiger partial charge < -0.3 is 14.2 Å². The van der Waals surface area contributed by atoms with Crippen molar-refractivity contribution in [2.24, 2.45) is 0 Å². The van der Waals surface area contributed by atoms with Crippen LogP contribution in [0.15, 0.2) is 72.9 Å². The van der Waals surface area contributed by atoms with E-state index in [1.54, 1.807) is 0 Å². The standard InChI is InChI=1S/C63H110O6/c1-4-7-10-13-16-19-22-25-28-30-31-33-36-39-42-45-48-51-54-57-63(66)69-60(58-67-61(64)55-52-49-46-43-40-37-34-27-24-21-18-15-12-9-6-3)59-68-62(65)56-53-50-47-44-41-38-35-32-29-26-23-20-17-14-11-8-5-2/h17,20-21,24-26,28-29,35,38,44,47,60H,4-16,18-19,22-23,27,30-34,36-37,39-43,45-46,48-59H2,1-3H3/b20-17-,24-21-,28-25-,29-26-,38-35-,47-44-/t60-/m0/s1. The van der Waals surface area contributed by atoms with Gasteiger partial charge in [-0.3, -0.25) is 14.4 Å². The summed E-state index contributed by atoms with van der Waals surface area (Å²) in [6.45, 7) is 6.57. The van der Waals surface area contributed by atoms with Crippen molar-refractivity contribution >= 4 is 17.9 Å². The van der Waals surface area contributed by atoms with Gasteiger partial charge in [0.1, 0.15) is 13.2 Å². The van der Waals surface area contributed by atoms with Gasteiger partial charge in [0, 0.05) is 19.3 Å². The number of ether oxygens (including phenoxy) is 3. The van der Waals surface area contributed by atoms with E-state index in [4.69, 9.17) is 14.2 Å². The van der Waals surface area contributed by atoms with Crippen molar-refractivity contribution in [1.29, 1.82) is 0 Å². The lowest BCUT2D eigenvalue weighted by atomic mass is 10.1. The van der Waals surface area contributed by atoms with E-state index in [-0.39, 0.29) is 37.5 Å². The highest BCUT2D eigenvalue weighted by atomic mass is 16.6. The second kappa shape index (κ2) is 57.4. The zero-order chi connectivity index (χ0) is 50.0. The van der Waals surface area contributed by atoms with Crippen molar-refractivity contribution in [3.63, 3.8) is 0 Å². The van der Waals surface area contributed by atoms with Crippen LogP contribution in [0.2, 0.25) is 0 Å². The van der Waals surface area contributed by atoms with Gasteiger partial charge in [-0.25, -0.2) is 0 Å². The van der Waals surface area contributed by atoms with E-state index in [1.807, 2.05) is 0 Å². The fourth-order valence-electron chi connectivity index (χ4n) is 8.19. The summed E-state index contributed by atoms with van der Waals surface area (Å²) in [6.07, 6.45) is 73.2. The molecule has 0 amide bonds. The molecule has 0 radical (unpaired) electrons. The fourth-order valence-corrected chi connectivity index (χ4v) is 8.19. The third-order valence-electron chi connectivity index (χ3n) is 12.7. The van der Waals surface area contributed by atoms with Crippen molar-refractivity contribution < 1.29 is 28.6 Å². The lowest BCUT2D eigenvalue weighted by Gasteiger charge is -2.18. The molecule has 0 aliphatic heterocycles. The molecule has 0 aromatic heterocycles. The predicted octanol–water partition coefficient (Wildman–Crippen LogP) is 19.8. The molecule has 1 atom stereocenters. The van der Waals surface area contributed by atoms with E-state index in [1.165, 1.54) is 180 Å². The molecule has 0 aliphatic carbocycles. The highest BCUT2D eigenvalue weighted by molar-refractivity contribution is 5.71. The van der Waals surface area contributed by atoms with Crippen molar-refractivity contribution in [3.8, 4) is 0 Å². The van der Waals surface area contributed by atoms with Gasteiger partial charge in [0.15, 0.2) is 6.10 Å². The molecule has 0 fully saturated rings. The van der Waals surface area contributed by atoms with E-state index < -0.39 is 6.10 Å². The first kappa shape index (κ1) is 65.8. The average molecular weight is 964 g/mol. The third-order valence-corrected chi connectivity index (χ3v) is 12.7. The van der Waals surface area contributed by atoms with Gasteiger partial charge in [-0.2, -0.15) is 0 Å². The normalized spacial score (nSPS) is 12.6. The van der Waals surface area contributed by atoms with Gasteiger partial charge in [0.05, 0.1) is 0 Å². The Morgan fingerprint density at radius 3 is 0.928 bits per heavy atom. The molecule has 0 heterocycles. The number of carbonyl (C=O) groups is 3. The Labute approximate surface area is 427 Å². The maximum atomic E-state index is 12.9. The Kier molecular flexibility index (Phi) is 54.8. The van der Waals surface area contributed by atoms with Crippen molar-refractivity contribution in [2.45, 2.75) is 297 Å². The molecule has 0 unspecified atom stereocenters. The van der Waals surface area contributed by atoms with Gasteiger partial charge in [0.25, 0.3) is 0 Å². The number of carbonyl (C=O) groups excluding carboxylic acids is 3. The maximum absolute atomic E-state index is 12.9. The number of unbranched alkanes of at least 4 members (excludes halogenated alkanes) is 30. The minimum absolute atomic E-state index is 0.0945. The minimum atomic E-state index is -0.800. The number of esters is 3. The monoisotopic (exact) mass is 963 g/mol. The van der Waals surface area contributed by atoms with E-state index in [2.05, 4.69) is 93.7 Å². The van der Waals surface area contributed by atoms with Crippen LogP contribution >= 0.6 is 0 Å². The van der Waals surface area contributed by atoms with Crippen LogP contribution in [0.25, 0.3) is 0 Å². The molecule has 0 aliphatic rings. The van der Waals surface area contributed by atoms with E-state index >= 15 is 0 Å². The highest BCUT2D eigenvalue weighted by Gasteiger charge is 2.19. The second-order valence-corrected chi connectivity index (χ2v) is 19.5. The first-order chi connectivity index (χ1) is 34.0. The molecule has 0 N–H and O–H groups in total. The van der Waals surface area contributed by atoms with Gasteiger partial charge in [-0.15, -0.1) is 0 Å². The predicted molar refractivity (Wildman–Crippen MR) is 298 cm³/mol. The second-order valence-electron chi connectivity index (χ2n) is 19.5. The quantitative estimate of drug-likeness (QED) is 0.0262. The van der Waals surface area contributed by atoms with Crippen LogP contribution in [0.1, 0.15) is 290 Å². The largest absolute Gasteiger partial charge is 0.462 e. The average Bonchev–Trinajstić information content (AvgIpc) is 3.35. The zero-order valence-electron chi connectivity index (χ0n) is 45.6. The van der Waals surface area contributed by atoms with Crippen LogP contribution in [-0.2, 0) is 28.6 Å². The summed E-state index contributed by atoms with van der Waals surface area (Å²) in [5.74, 6) is -0.950. The smallest absolute Gasteiger partial charge is 0.306 e. The molecule has 6 nitrogen and oxygen atoms in total. The zero-order valence-corrected chi connectivity index (χ0v) is 45.6. The summed E-state index contributed by atoms with van der Waals surface area (Å²) in [6, 6.07) is 0. The lowest BCUT2D eigenvalue weighted by molar-refractivity contribution is -0.167. The SMILES string of the molecule is CCCCC/C=C\C/C=C\C/C=C\C/C=C\CCCC(=O)OC[C@H](COC(=O)CCCCCCCCC/C=C\CCCCCC)OC(=O)CCCCCCCCCCC/C=C\CCCCCCCC. The molecule has 0 spiro atoms. The Bertz CT molecular complexity index is 1290. The van der Waals surface area contributed by atoms with Gasteiger partial charge in [-0.1, -0.05) is 235 Å². The highest BCUT2D eigenvalue weighted by Crippen LogP contribution is 2.15. The van der Waals surface area contributed by atoms with Crippen LogP contribution in [0.3, 0.4) is 0 Å². The van der Waals surface area contributed by atoms with Crippen LogP contribution in [0.5, 0.6) is 0 Å². The molecule has 398 valence electrons. The molecule has 69 heavy (non-hydrogen) atoms. The number of hydrogen-bond acceptors (Lipinski definition) is 6. The van der Waals surface area contributed by atoms with E-state index in [0.717, 1.165) is 64.2 Å². The third kappa shape index (κ3) is 55.6. The summed E-state index contributed by atoms with van der Waals surface area (Å²) in [5.41, 5.74) is 0. The lowest BCUT2D eigenvalue weighted by Crippen LogP contribution is -2.30.